The molecule has 1 N–H and O–H groups in total. The van der Waals surface area contributed by atoms with Crippen LogP contribution in [0.4, 0.5) is 0 Å². The molecule has 0 fully saturated rings. The van der Waals surface area contributed by atoms with Crippen molar-refractivity contribution in [3.05, 3.63) is 42.2 Å². The van der Waals surface area contributed by atoms with Gasteiger partial charge in [-0.1, -0.05) is 135 Å². The monoisotopic (exact) mass is 634 g/mol. The van der Waals surface area contributed by atoms with Crippen molar-refractivity contribution in [2.45, 2.75) is 181 Å². The van der Waals surface area contributed by atoms with E-state index in [1.165, 1.54) is 122 Å². The third-order valence-electron chi connectivity index (χ3n) is 8.36. The van der Waals surface area contributed by atoms with Crippen LogP contribution in [0.5, 0.6) is 0 Å². The summed E-state index contributed by atoms with van der Waals surface area (Å²) in [7, 11) is 0. The van der Waals surface area contributed by atoms with Gasteiger partial charge in [-0.25, -0.2) is 4.57 Å². The van der Waals surface area contributed by atoms with Crippen LogP contribution < -0.4 is 22.3 Å². The summed E-state index contributed by atoms with van der Waals surface area (Å²) in [6.45, 7) is 9.84. The number of hydrogen-bond donors (Lipinski definition) is 1. The number of hydrogen-bond acceptors (Lipinski definition) is 3. The normalized spacial score (nSPS) is 10.8. The van der Waals surface area contributed by atoms with Gasteiger partial charge in [-0.3, -0.25) is 9.59 Å². The number of aromatic nitrogens is 1. The fraction of sp³-hybridized carbons (Fsp3) is 0.763. The van der Waals surface area contributed by atoms with E-state index in [2.05, 4.69) is 47.9 Å². The van der Waals surface area contributed by atoms with E-state index in [0.29, 0.717) is 18.6 Å². The number of nitrogens with one attached hydrogen (secondary N) is 1. The summed E-state index contributed by atoms with van der Waals surface area (Å²) in [4.78, 5) is 23.5. The smallest absolute Gasteiger partial charge is 0.306 e. The highest BCUT2D eigenvalue weighted by molar-refractivity contribution is 5.91. The molecule has 0 radical (unpaired) electrons. The average Bonchev–Trinajstić information content (AvgIpc) is 3.01. The van der Waals surface area contributed by atoms with Crippen molar-refractivity contribution in [2.24, 2.45) is 0 Å². The average molecular weight is 635 g/mol. The van der Waals surface area contributed by atoms with Gasteiger partial charge in [0.15, 0.2) is 12.4 Å². The van der Waals surface area contributed by atoms with Crippen molar-refractivity contribution in [3.8, 4) is 0 Å². The molecule has 6 heteroatoms. The van der Waals surface area contributed by atoms with Gasteiger partial charge in [0, 0.05) is 42.7 Å². The van der Waals surface area contributed by atoms with E-state index < -0.39 is 0 Å². The molecular weight excluding hydrogens is 568 g/mol. The maximum atomic E-state index is 12.1. The first-order chi connectivity index (χ1) is 21.0. The number of pyridine rings is 1. The molecule has 254 valence electrons. The van der Waals surface area contributed by atoms with Gasteiger partial charge >= 0.3 is 5.97 Å². The quantitative estimate of drug-likeness (QED) is 0.0425. The molecule has 1 aromatic rings. The Hall–Kier alpha value is -1.88. The lowest BCUT2D eigenvalue weighted by molar-refractivity contribution is -0.697. The molecule has 0 aliphatic heterocycles. The topological polar surface area (TPSA) is 59.3 Å². The van der Waals surface area contributed by atoms with E-state index >= 15 is 0 Å². The minimum atomic E-state index is -0.0853. The first-order valence-electron chi connectivity index (χ1n) is 18.1. The molecule has 0 aromatic carbocycles. The lowest BCUT2D eigenvalue weighted by Crippen LogP contribution is -3.00. The van der Waals surface area contributed by atoms with Crippen LogP contribution in [-0.4, -0.2) is 18.4 Å². The van der Waals surface area contributed by atoms with Gasteiger partial charge in [0.25, 0.3) is 0 Å². The van der Waals surface area contributed by atoms with Crippen molar-refractivity contribution >= 4 is 11.9 Å². The van der Waals surface area contributed by atoms with Gasteiger partial charge < -0.3 is 22.5 Å². The summed E-state index contributed by atoms with van der Waals surface area (Å²) >= 11 is 0. The van der Waals surface area contributed by atoms with Gasteiger partial charge in [-0.05, 0) is 26.2 Å². The predicted octanol–water partition coefficient (Wildman–Crippen LogP) is 7.10. The van der Waals surface area contributed by atoms with Crippen LogP contribution in [0, 0.1) is 0 Å². The van der Waals surface area contributed by atoms with E-state index in [1.807, 2.05) is 0 Å². The number of nitrogens with zero attached hydrogens (tertiary/aromatic N) is 1. The molecule has 0 spiro atoms. The molecule has 0 saturated heterocycles. The first-order valence-corrected chi connectivity index (χ1v) is 18.1. The van der Waals surface area contributed by atoms with Gasteiger partial charge in [0.05, 0.1) is 0 Å². The van der Waals surface area contributed by atoms with Crippen LogP contribution in [0.25, 0.3) is 0 Å². The minimum Gasteiger partial charge on any atom is -1.00 e. The predicted molar refractivity (Wildman–Crippen MR) is 181 cm³/mol. The van der Waals surface area contributed by atoms with E-state index in [4.69, 9.17) is 4.74 Å². The molecule has 0 unspecified atom stereocenters. The van der Waals surface area contributed by atoms with Crippen LogP contribution >= 0.6 is 0 Å². The van der Waals surface area contributed by atoms with Crippen LogP contribution in [0.3, 0.4) is 0 Å². The van der Waals surface area contributed by atoms with Crippen LogP contribution in [0.1, 0.15) is 174 Å². The van der Waals surface area contributed by atoms with Crippen LogP contribution in [0.2, 0.25) is 0 Å². The second kappa shape index (κ2) is 31.1. The third kappa shape index (κ3) is 26.5. The highest BCUT2D eigenvalue weighted by Crippen LogP contribution is 2.14. The lowest BCUT2D eigenvalue weighted by Gasteiger charge is -2.06. The summed E-state index contributed by atoms with van der Waals surface area (Å²) in [5, 5.41) is 2.88. The zero-order chi connectivity index (χ0) is 31.2. The summed E-state index contributed by atoms with van der Waals surface area (Å²) in [5.41, 5.74) is 1.63. The van der Waals surface area contributed by atoms with E-state index in [9.17, 15) is 9.59 Å². The summed E-state index contributed by atoms with van der Waals surface area (Å²) in [6, 6.07) is 4.16. The molecule has 0 aliphatic rings. The molecule has 1 aromatic heterocycles. The zero-order valence-electron chi connectivity index (χ0n) is 28.7. The van der Waals surface area contributed by atoms with E-state index in [0.717, 1.165) is 44.3 Å². The fourth-order valence-electron chi connectivity index (χ4n) is 5.44. The van der Waals surface area contributed by atoms with Gasteiger partial charge in [0.2, 0.25) is 5.91 Å². The molecule has 1 rings (SSSR count). The highest BCUT2D eigenvalue weighted by Gasteiger charge is 2.06. The number of esters is 1. The van der Waals surface area contributed by atoms with Crippen molar-refractivity contribution < 1.29 is 31.3 Å². The molecule has 44 heavy (non-hydrogen) atoms. The molecule has 1 heterocycles. The van der Waals surface area contributed by atoms with Crippen molar-refractivity contribution in [1.82, 2.24) is 5.32 Å². The number of ether oxygens (including phenoxy) is 1. The lowest BCUT2D eigenvalue weighted by atomic mass is 10.0. The Labute approximate surface area is 277 Å². The van der Waals surface area contributed by atoms with Crippen molar-refractivity contribution in [2.75, 3.05) is 6.54 Å². The van der Waals surface area contributed by atoms with E-state index in [-0.39, 0.29) is 24.3 Å². The zero-order valence-corrected chi connectivity index (χ0v) is 29.4. The summed E-state index contributed by atoms with van der Waals surface area (Å²) < 4.78 is 7.74. The molecule has 5 nitrogen and oxygen atoms in total. The van der Waals surface area contributed by atoms with Crippen molar-refractivity contribution in [3.63, 3.8) is 0 Å². The van der Waals surface area contributed by atoms with Gasteiger partial charge in [0.1, 0.15) is 13.2 Å². The number of carbonyl (C=O) groups is 2. The van der Waals surface area contributed by atoms with Gasteiger partial charge in [-0.15, -0.1) is 0 Å². The Morgan fingerprint density at radius 3 is 1.59 bits per heavy atom. The largest absolute Gasteiger partial charge is 1.00 e. The standard InChI is InChI=1S/C38H66N2O3.ClH/c1-4-5-6-7-8-9-10-11-12-13-17-20-23-26-31-40-32-28-36(29-33-40)34-43-37(41)27-24-21-18-15-14-16-19-22-25-30-39-38(42)35(2)3;/h28-29,32-33H,2,4-27,30-31,34H2,1,3H3;1H. The number of amides is 1. The second-order valence-corrected chi connectivity index (χ2v) is 12.7. The Kier molecular flexibility index (Phi) is 29.8. The Morgan fingerprint density at radius 2 is 1.11 bits per heavy atom. The minimum absolute atomic E-state index is 0. The number of aryl methyl sites for hydroxylation is 1. The van der Waals surface area contributed by atoms with Gasteiger partial charge in [-0.2, -0.15) is 0 Å². The molecule has 0 aliphatic carbocycles. The Balaban J connectivity index is 0.0000185. The number of unbranched alkanes of at least 4 members (excludes halogenated alkanes) is 21. The molecule has 1 amide bonds. The third-order valence-corrected chi connectivity index (χ3v) is 8.36. The Morgan fingerprint density at radius 1 is 0.682 bits per heavy atom. The number of carbonyl (C=O) groups excluding carboxylic acids is 2. The summed E-state index contributed by atoms with van der Waals surface area (Å²) in [6.07, 6.45) is 34.5. The fourth-order valence-corrected chi connectivity index (χ4v) is 5.44. The van der Waals surface area contributed by atoms with Crippen LogP contribution in [0.15, 0.2) is 36.7 Å². The number of halogens is 1. The second-order valence-electron chi connectivity index (χ2n) is 12.7. The highest BCUT2D eigenvalue weighted by atomic mass is 35.5. The molecule has 0 saturated carbocycles. The molecule has 0 atom stereocenters. The van der Waals surface area contributed by atoms with E-state index in [1.54, 1.807) is 6.92 Å². The molecular formula is C38H67ClN2O3. The Bertz CT molecular complexity index is 828. The van der Waals surface area contributed by atoms with Crippen molar-refractivity contribution in [1.29, 1.82) is 0 Å². The SMILES string of the molecule is C=C(C)C(=O)NCCCCCCCCCCCC(=O)OCc1cc[n+](CCCCCCCCCCCCCCCC)cc1.[Cl-]. The number of rotatable bonds is 30. The first kappa shape index (κ1) is 42.1. The maximum Gasteiger partial charge on any atom is 0.306 e. The van der Waals surface area contributed by atoms with Crippen LogP contribution in [-0.2, 0) is 27.5 Å². The molecule has 0 bridgehead atoms. The maximum absolute atomic E-state index is 12.1. The summed E-state index contributed by atoms with van der Waals surface area (Å²) in [5.74, 6) is -0.125.